The highest BCUT2D eigenvalue weighted by atomic mass is 16.5. The van der Waals surface area contributed by atoms with E-state index in [-0.39, 0.29) is 0 Å². The van der Waals surface area contributed by atoms with Gasteiger partial charge >= 0.3 is 0 Å². The van der Waals surface area contributed by atoms with Crippen LogP contribution in [0.5, 0.6) is 5.75 Å². The lowest BCUT2D eigenvalue weighted by Gasteiger charge is -2.19. The summed E-state index contributed by atoms with van der Waals surface area (Å²) in [6.07, 6.45) is 3.51. The lowest BCUT2D eigenvalue weighted by molar-refractivity contribution is 0.415. The summed E-state index contributed by atoms with van der Waals surface area (Å²) < 4.78 is 5.23. The number of hydrogen-bond acceptors (Lipinski definition) is 5. The van der Waals surface area contributed by atoms with Crippen LogP contribution in [0.2, 0.25) is 0 Å². The molecule has 1 aromatic heterocycles. The predicted molar refractivity (Wildman–Crippen MR) is 75.9 cm³/mol. The molecule has 0 bridgehead atoms. The lowest BCUT2D eigenvalue weighted by Crippen LogP contribution is -2.14. The van der Waals surface area contributed by atoms with Crippen molar-refractivity contribution in [3.8, 4) is 5.75 Å². The molecule has 19 heavy (non-hydrogen) atoms. The van der Waals surface area contributed by atoms with Gasteiger partial charge in [0.15, 0.2) is 5.82 Å². The quantitative estimate of drug-likeness (QED) is 0.888. The topological polar surface area (TPSA) is 50.3 Å². The molecule has 2 rings (SSSR count). The van der Waals surface area contributed by atoms with Gasteiger partial charge in [-0.05, 0) is 19.2 Å². The van der Waals surface area contributed by atoms with Gasteiger partial charge in [-0.15, -0.1) is 0 Å². The van der Waals surface area contributed by atoms with Gasteiger partial charge in [0.05, 0.1) is 19.0 Å². The fraction of sp³-hybridized carbons (Fsp3) is 0.286. The molecule has 0 saturated carbocycles. The molecule has 0 aliphatic carbocycles. The Bertz CT molecular complexity index is 544. The number of benzene rings is 1. The molecule has 5 heteroatoms. The molecule has 0 fully saturated rings. The van der Waals surface area contributed by atoms with Crippen molar-refractivity contribution >= 4 is 11.5 Å². The highest BCUT2D eigenvalue weighted by Crippen LogP contribution is 2.24. The summed E-state index contributed by atoms with van der Waals surface area (Å²) in [4.78, 5) is 10.8. The van der Waals surface area contributed by atoms with E-state index in [1.54, 1.807) is 19.5 Å². The molecule has 100 valence electrons. The lowest BCUT2D eigenvalue weighted by atomic mass is 10.3. The van der Waals surface area contributed by atoms with E-state index in [2.05, 4.69) is 15.3 Å². The number of ether oxygens (including phenoxy) is 1. The molecule has 1 heterocycles. The summed E-state index contributed by atoms with van der Waals surface area (Å²) >= 11 is 0. The Morgan fingerprint density at radius 3 is 2.89 bits per heavy atom. The zero-order chi connectivity index (χ0) is 13.7. The summed E-state index contributed by atoms with van der Waals surface area (Å²) in [5, 5.41) is 3.07. The standard InChI is InChI=1S/C14H18N4O/c1-15-8-11-9-16-10-14(17-11)18(2)12-5-4-6-13(7-12)19-3/h4-7,9-10,15H,8H2,1-3H3. The minimum absolute atomic E-state index is 0.701. The molecule has 0 unspecified atom stereocenters. The van der Waals surface area contributed by atoms with Crippen LogP contribution in [0, 0.1) is 0 Å². The van der Waals surface area contributed by atoms with Crippen molar-refractivity contribution < 1.29 is 4.74 Å². The van der Waals surface area contributed by atoms with Crippen LogP contribution in [0.4, 0.5) is 11.5 Å². The number of hydrogen-bond donors (Lipinski definition) is 1. The molecule has 0 aliphatic heterocycles. The van der Waals surface area contributed by atoms with Gasteiger partial charge in [-0.1, -0.05) is 6.07 Å². The van der Waals surface area contributed by atoms with Gasteiger partial charge in [-0.2, -0.15) is 0 Å². The monoisotopic (exact) mass is 258 g/mol. The molecule has 1 N–H and O–H groups in total. The zero-order valence-electron chi connectivity index (χ0n) is 11.4. The molecule has 0 amide bonds. The molecule has 0 spiro atoms. The highest BCUT2D eigenvalue weighted by Gasteiger charge is 2.07. The Morgan fingerprint density at radius 2 is 2.16 bits per heavy atom. The van der Waals surface area contributed by atoms with Crippen molar-refractivity contribution in [3.05, 3.63) is 42.4 Å². The van der Waals surface area contributed by atoms with Gasteiger partial charge in [-0.3, -0.25) is 4.98 Å². The molecule has 2 aromatic rings. The first-order valence-corrected chi connectivity index (χ1v) is 6.08. The molecule has 0 aliphatic rings. The highest BCUT2D eigenvalue weighted by molar-refractivity contribution is 5.60. The Hall–Kier alpha value is -2.14. The summed E-state index contributed by atoms with van der Waals surface area (Å²) in [5.41, 5.74) is 1.92. The van der Waals surface area contributed by atoms with Gasteiger partial charge in [-0.25, -0.2) is 4.98 Å². The second-order valence-electron chi connectivity index (χ2n) is 4.16. The van der Waals surface area contributed by atoms with E-state index in [1.165, 1.54) is 0 Å². The van der Waals surface area contributed by atoms with Crippen molar-refractivity contribution in [3.63, 3.8) is 0 Å². The van der Waals surface area contributed by atoms with Crippen molar-refractivity contribution in [2.24, 2.45) is 0 Å². The van der Waals surface area contributed by atoms with Crippen molar-refractivity contribution in [2.45, 2.75) is 6.54 Å². The molecule has 0 radical (unpaired) electrons. The van der Waals surface area contributed by atoms with Crippen molar-refractivity contribution in [2.75, 3.05) is 26.1 Å². The van der Waals surface area contributed by atoms with Gasteiger partial charge in [0.25, 0.3) is 0 Å². The molecule has 0 atom stereocenters. The maximum atomic E-state index is 5.23. The third-order valence-electron chi connectivity index (χ3n) is 2.81. The van der Waals surface area contributed by atoms with E-state index >= 15 is 0 Å². The van der Waals surface area contributed by atoms with Crippen molar-refractivity contribution in [1.29, 1.82) is 0 Å². The Balaban J connectivity index is 2.27. The number of methoxy groups -OCH3 is 1. The van der Waals surface area contributed by atoms with Gasteiger partial charge in [0.1, 0.15) is 5.75 Å². The summed E-state index contributed by atoms with van der Waals surface area (Å²) in [6.45, 7) is 0.701. The summed E-state index contributed by atoms with van der Waals surface area (Å²) in [6, 6.07) is 7.84. The smallest absolute Gasteiger partial charge is 0.151 e. The van der Waals surface area contributed by atoms with Crippen LogP contribution in [-0.4, -0.2) is 31.2 Å². The van der Waals surface area contributed by atoms with Gasteiger partial charge in [0.2, 0.25) is 0 Å². The van der Waals surface area contributed by atoms with Crippen LogP contribution < -0.4 is 15.0 Å². The Kier molecular flexibility index (Phi) is 4.30. The average molecular weight is 258 g/mol. The minimum atomic E-state index is 0.701. The third-order valence-corrected chi connectivity index (χ3v) is 2.81. The van der Waals surface area contributed by atoms with E-state index < -0.39 is 0 Å². The number of nitrogens with one attached hydrogen (secondary N) is 1. The maximum absolute atomic E-state index is 5.23. The molecule has 1 aromatic carbocycles. The Labute approximate surface area is 113 Å². The predicted octanol–water partition coefficient (Wildman–Crippen LogP) is 1.97. The SMILES string of the molecule is CNCc1cncc(N(C)c2cccc(OC)c2)n1. The first-order chi connectivity index (χ1) is 9.24. The zero-order valence-corrected chi connectivity index (χ0v) is 11.4. The van der Waals surface area contributed by atoms with Crippen LogP contribution in [0.15, 0.2) is 36.7 Å². The van der Waals surface area contributed by atoms with Crippen LogP contribution in [-0.2, 0) is 6.54 Å². The Morgan fingerprint density at radius 1 is 1.32 bits per heavy atom. The number of aromatic nitrogens is 2. The molecule has 0 saturated heterocycles. The molecular weight excluding hydrogens is 240 g/mol. The third kappa shape index (κ3) is 3.20. The molecular formula is C14H18N4O. The number of anilines is 2. The largest absolute Gasteiger partial charge is 0.497 e. The normalized spacial score (nSPS) is 10.3. The number of nitrogens with zero attached hydrogens (tertiary/aromatic N) is 3. The van der Waals surface area contributed by atoms with E-state index in [0.717, 1.165) is 22.9 Å². The van der Waals surface area contributed by atoms with Crippen LogP contribution in [0.25, 0.3) is 0 Å². The van der Waals surface area contributed by atoms with Crippen LogP contribution >= 0.6 is 0 Å². The number of rotatable bonds is 5. The second kappa shape index (κ2) is 6.15. The van der Waals surface area contributed by atoms with E-state index in [9.17, 15) is 0 Å². The summed E-state index contributed by atoms with van der Waals surface area (Å²) in [7, 11) is 5.51. The maximum Gasteiger partial charge on any atom is 0.151 e. The summed E-state index contributed by atoms with van der Waals surface area (Å²) in [5.74, 6) is 1.63. The van der Waals surface area contributed by atoms with E-state index in [4.69, 9.17) is 4.74 Å². The van der Waals surface area contributed by atoms with Gasteiger partial charge in [0, 0.05) is 31.5 Å². The fourth-order valence-electron chi connectivity index (χ4n) is 1.77. The fourth-order valence-corrected chi connectivity index (χ4v) is 1.77. The minimum Gasteiger partial charge on any atom is -0.497 e. The van der Waals surface area contributed by atoms with E-state index in [1.807, 2.05) is 43.3 Å². The van der Waals surface area contributed by atoms with E-state index in [0.29, 0.717) is 6.54 Å². The second-order valence-corrected chi connectivity index (χ2v) is 4.16. The first-order valence-electron chi connectivity index (χ1n) is 6.08. The van der Waals surface area contributed by atoms with Crippen LogP contribution in [0.1, 0.15) is 5.69 Å². The molecule has 5 nitrogen and oxygen atoms in total. The van der Waals surface area contributed by atoms with Gasteiger partial charge < -0.3 is 15.0 Å². The van der Waals surface area contributed by atoms with Crippen LogP contribution in [0.3, 0.4) is 0 Å². The first kappa shape index (κ1) is 13.3. The average Bonchev–Trinajstić information content (AvgIpc) is 2.47. The van der Waals surface area contributed by atoms with Crippen molar-refractivity contribution in [1.82, 2.24) is 15.3 Å².